The molecule has 0 spiro atoms. The summed E-state index contributed by atoms with van der Waals surface area (Å²) < 4.78 is 1.25. The van der Waals surface area contributed by atoms with Gasteiger partial charge in [0.2, 0.25) is 0 Å². The molecule has 0 bridgehead atoms. The maximum Gasteiger partial charge on any atom is 0.0462 e. The zero-order valence-corrected chi connectivity index (χ0v) is 30.2. The molecule has 8 aromatic carbocycles. The largest absolute Gasteiger partial charge is 0.311 e. The van der Waals surface area contributed by atoms with Gasteiger partial charge in [0, 0.05) is 44.4 Å². The second-order valence-electron chi connectivity index (χ2n) is 13.7. The Labute approximate surface area is 318 Å². The van der Waals surface area contributed by atoms with E-state index in [1.807, 2.05) is 12.4 Å². The number of fused-ring (bicyclic) bond motifs is 3. The van der Waals surface area contributed by atoms with E-state index in [-0.39, 0.29) is 0 Å². The van der Waals surface area contributed by atoms with Crippen LogP contribution in [0.5, 0.6) is 0 Å². The molecule has 2 nitrogen and oxygen atoms in total. The van der Waals surface area contributed by atoms with E-state index in [4.69, 9.17) is 0 Å². The molecule has 0 amide bonds. The van der Waals surface area contributed by atoms with E-state index < -0.39 is 0 Å². The van der Waals surface area contributed by atoms with E-state index in [1.54, 1.807) is 11.3 Å². The summed E-state index contributed by atoms with van der Waals surface area (Å²) in [6.07, 6.45) is 3.80. The maximum atomic E-state index is 4.31. The minimum absolute atomic E-state index is 1.10. The first-order chi connectivity index (χ1) is 26.7. The van der Waals surface area contributed by atoms with Crippen LogP contribution < -0.4 is 4.90 Å². The maximum absolute atomic E-state index is 4.31. The third-order valence-electron chi connectivity index (χ3n) is 10.4. The van der Waals surface area contributed by atoms with Crippen molar-refractivity contribution in [3.63, 3.8) is 0 Å². The van der Waals surface area contributed by atoms with E-state index in [0.29, 0.717) is 0 Å². The lowest BCUT2D eigenvalue weighted by Crippen LogP contribution is -2.09. The molecule has 0 unspecified atom stereocenters. The van der Waals surface area contributed by atoms with Gasteiger partial charge >= 0.3 is 0 Å². The quantitative estimate of drug-likeness (QED) is 0.164. The summed E-state index contributed by atoms with van der Waals surface area (Å²) in [5, 5.41) is 6.20. The van der Waals surface area contributed by atoms with Gasteiger partial charge in [0.05, 0.1) is 0 Å². The fourth-order valence-corrected chi connectivity index (χ4v) is 8.48. The van der Waals surface area contributed by atoms with Gasteiger partial charge in [0.1, 0.15) is 0 Å². The predicted octanol–water partition coefficient (Wildman–Crippen LogP) is 14.7. The number of benzene rings is 8. The normalized spacial score (nSPS) is 11.3. The van der Waals surface area contributed by atoms with E-state index in [2.05, 4.69) is 204 Å². The summed E-state index contributed by atoms with van der Waals surface area (Å²) in [4.78, 5) is 7.90. The van der Waals surface area contributed by atoms with Gasteiger partial charge in [-0.25, -0.2) is 0 Å². The summed E-state index contributed by atoms with van der Waals surface area (Å²) in [6, 6.07) is 70.5. The van der Waals surface area contributed by atoms with Crippen LogP contribution in [-0.4, -0.2) is 4.98 Å². The number of nitrogens with zero attached hydrogens (tertiary/aromatic N) is 2. The van der Waals surface area contributed by atoms with Gasteiger partial charge < -0.3 is 4.90 Å². The average Bonchev–Trinajstić information content (AvgIpc) is 3.69. The number of hydrogen-bond donors (Lipinski definition) is 0. The lowest BCUT2D eigenvalue weighted by Gasteiger charge is -2.26. The van der Waals surface area contributed by atoms with Crippen molar-refractivity contribution in [2.45, 2.75) is 0 Å². The van der Waals surface area contributed by atoms with Crippen molar-refractivity contribution in [1.82, 2.24) is 4.98 Å². The summed E-state index contributed by atoms with van der Waals surface area (Å²) in [6.45, 7) is 0. The Morgan fingerprint density at radius 2 is 0.741 bits per heavy atom. The molecule has 3 heteroatoms. The van der Waals surface area contributed by atoms with Crippen molar-refractivity contribution in [2.75, 3.05) is 4.90 Å². The SMILES string of the molecule is c1ccc2cc(-c3ccc(-c4ccc(N(c5ccc(-c6ccc7ccccc7c6)cc5)c5ccc(-c6cc7cnccc7s6)cc5)cc4)cc3)ccc2c1. The first-order valence-electron chi connectivity index (χ1n) is 18.2. The van der Waals surface area contributed by atoms with E-state index in [9.17, 15) is 0 Å². The van der Waals surface area contributed by atoms with Gasteiger partial charge in [-0.1, -0.05) is 133 Å². The van der Waals surface area contributed by atoms with E-state index in [0.717, 1.165) is 17.1 Å². The van der Waals surface area contributed by atoms with Crippen LogP contribution in [0.4, 0.5) is 17.1 Å². The number of aromatic nitrogens is 1. The zero-order valence-electron chi connectivity index (χ0n) is 29.4. The Morgan fingerprint density at radius 3 is 1.22 bits per heavy atom. The van der Waals surface area contributed by atoms with Gasteiger partial charge in [-0.15, -0.1) is 11.3 Å². The minimum Gasteiger partial charge on any atom is -0.311 e. The molecule has 0 aliphatic heterocycles. The molecule has 10 rings (SSSR count). The van der Waals surface area contributed by atoms with Crippen molar-refractivity contribution in [1.29, 1.82) is 0 Å². The molecule has 0 N–H and O–H groups in total. The molecule has 54 heavy (non-hydrogen) atoms. The Balaban J connectivity index is 0.975. The van der Waals surface area contributed by atoms with Crippen molar-refractivity contribution >= 4 is 60.0 Å². The molecule has 0 fully saturated rings. The smallest absolute Gasteiger partial charge is 0.0462 e. The van der Waals surface area contributed by atoms with E-state index >= 15 is 0 Å². The van der Waals surface area contributed by atoms with Gasteiger partial charge in [-0.3, -0.25) is 4.98 Å². The predicted molar refractivity (Wildman–Crippen MR) is 231 cm³/mol. The number of anilines is 3. The van der Waals surface area contributed by atoms with Gasteiger partial charge in [-0.2, -0.15) is 0 Å². The molecule has 2 heterocycles. The van der Waals surface area contributed by atoms with Crippen LogP contribution in [0.15, 0.2) is 207 Å². The van der Waals surface area contributed by atoms with Crippen molar-refractivity contribution in [2.24, 2.45) is 0 Å². The Kier molecular flexibility index (Phi) is 8.05. The highest BCUT2D eigenvalue weighted by Gasteiger charge is 2.15. The van der Waals surface area contributed by atoms with Crippen molar-refractivity contribution in [3.8, 4) is 43.8 Å². The molecule has 254 valence electrons. The molecule has 10 aromatic rings. The third-order valence-corrected chi connectivity index (χ3v) is 11.5. The standard InChI is InChI=1S/C51H34N2S/c1-3-7-42-31-44(15-13-35(42)5-1)39-11-9-37(10-12-39)38-17-23-47(24-18-38)53(49-27-21-41(22-28-49)51-33-46-34-52-30-29-50(46)54-51)48-25-19-40(20-26-48)45-16-14-36-6-2-4-8-43(36)32-45/h1-34H. The molecular weight excluding hydrogens is 673 g/mol. The average molecular weight is 707 g/mol. The van der Waals surface area contributed by atoms with Crippen molar-refractivity contribution < 1.29 is 0 Å². The molecular formula is C51H34N2S. The second-order valence-corrected chi connectivity index (χ2v) is 14.8. The molecule has 0 aliphatic carbocycles. The molecule has 0 aliphatic rings. The third kappa shape index (κ3) is 6.11. The number of pyridine rings is 1. The van der Waals surface area contributed by atoms with Crippen LogP contribution >= 0.6 is 11.3 Å². The zero-order chi connectivity index (χ0) is 35.8. The van der Waals surface area contributed by atoms with Gasteiger partial charge in [-0.05, 0) is 121 Å². The molecule has 0 radical (unpaired) electrons. The molecule has 0 saturated carbocycles. The van der Waals surface area contributed by atoms with Crippen LogP contribution in [0.1, 0.15) is 0 Å². The van der Waals surface area contributed by atoms with E-state index in [1.165, 1.54) is 75.5 Å². The van der Waals surface area contributed by atoms with Gasteiger partial charge in [0.25, 0.3) is 0 Å². The lowest BCUT2D eigenvalue weighted by molar-refractivity contribution is 1.28. The first kappa shape index (κ1) is 31.9. The van der Waals surface area contributed by atoms with Crippen LogP contribution in [0.25, 0.3) is 75.5 Å². The number of hydrogen-bond acceptors (Lipinski definition) is 3. The van der Waals surface area contributed by atoms with Crippen LogP contribution in [-0.2, 0) is 0 Å². The fourth-order valence-electron chi connectivity index (χ4n) is 7.45. The Morgan fingerprint density at radius 1 is 0.333 bits per heavy atom. The highest BCUT2D eigenvalue weighted by Crippen LogP contribution is 2.40. The highest BCUT2D eigenvalue weighted by atomic mass is 32.1. The van der Waals surface area contributed by atoms with Crippen LogP contribution in [0.2, 0.25) is 0 Å². The summed E-state index contributed by atoms with van der Waals surface area (Å²) in [5.41, 5.74) is 11.8. The second kappa shape index (κ2) is 13.6. The Hall–Kier alpha value is -6.81. The van der Waals surface area contributed by atoms with Gasteiger partial charge in [0.15, 0.2) is 0 Å². The topological polar surface area (TPSA) is 16.1 Å². The lowest BCUT2D eigenvalue weighted by atomic mass is 9.98. The summed E-state index contributed by atoms with van der Waals surface area (Å²) >= 11 is 1.80. The fraction of sp³-hybridized carbons (Fsp3) is 0. The van der Waals surface area contributed by atoms with Crippen LogP contribution in [0.3, 0.4) is 0 Å². The van der Waals surface area contributed by atoms with Crippen LogP contribution in [0, 0.1) is 0 Å². The number of thiophene rings is 1. The summed E-state index contributed by atoms with van der Waals surface area (Å²) in [5.74, 6) is 0. The molecule has 0 saturated heterocycles. The minimum atomic E-state index is 1.10. The number of rotatable bonds is 7. The van der Waals surface area contributed by atoms with Crippen molar-refractivity contribution in [3.05, 3.63) is 207 Å². The summed E-state index contributed by atoms with van der Waals surface area (Å²) in [7, 11) is 0. The molecule has 2 aromatic heterocycles. The first-order valence-corrected chi connectivity index (χ1v) is 19.1. The Bertz CT molecular complexity index is 2870. The monoisotopic (exact) mass is 706 g/mol. The highest BCUT2D eigenvalue weighted by molar-refractivity contribution is 7.22. The molecule has 0 atom stereocenters.